The van der Waals surface area contributed by atoms with Gasteiger partial charge in [0.2, 0.25) is 0 Å². The minimum Gasteiger partial charge on any atom is -0.395 e. The van der Waals surface area contributed by atoms with E-state index in [1.165, 1.54) is 7.11 Å². The van der Waals surface area contributed by atoms with Crippen LogP contribution in [0.1, 0.15) is 13.3 Å². The first kappa shape index (κ1) is 16.6. The molecule has 0 aromatic heterocycles. The molecular weight excluding hydrogens is 237 g/mol. The average molecular weight is 258 g/mol. The molecule has 0 rings (SSSR count). The number of nitrogens with two attached hydrogens (primary N) is 1. The van der Waals surface area contributed by atoms with Crippen molar-refractivity contribution in [3.05, 3.63) is 0 Å². The Hall–Kier alpha value is -0.370. The van der Waals surface area contributed by atoms with E-state index in [1.54, 1.807) is 6.92 Å². The fourth-order valence-electron chi connectivity index (χ4n) is 1.67. The standard InChI is InChI=1S/C10H21F3N2O2/c1-3-8(14)9(10(11,12)13)15(4-6-16)5-7-17-2/h8-9,16H,3-7,14H2,1-2H3. The lowest BCUT2D eigenvalue weighted by Gasteiger charge is -2.35. The van der Waals surface area contributed by atoms with E-state index < -0.39 is 18.3 Å². The van der Waals surface area contributed by atoms with Gasteiger partial charge in [0.25, 0.3) is 0 Å². The van der Waals surface area contributed by atoms with E-state index in [4.69, 9.17) is 15.6 Å². The van der Waals surface area contributed by atoms with Crippen molar-refractivity contribution in [3.8, 4) is 0 Å². The molecule has 0 aromatic rings. The predicted octanol–water partition coefficient (Wildman–Crippen LogP) is 0.595. The minimum absolute atomic E-state index is 0.0682. The number of hydrogen-bond donors (Lipinski definition) is 2. The van der Waals surface area contributed by atoms with E-state index in [0.29, 0.717) is 0 Å². The number of nitrogens with zero attached hydrogens (tertiary/aromatic N) is 1. The molecule has 0 bridgehead atoms. The van der Waals surface area contributed by atoms with Crippen LogP contribution in [0.25, 0.3) is 0 Å². The number of ether oxygens (including phenoxy) is 1. The SMILES string of the molecule is CCC(N)C(N(CCO)CCOC)C(F)(F)F. The minimum atomic E-state index is -4.40. The van der Waals surface area contributed by atoms with Crippen molar-refractivity contribution in [2.24, 2.45) is 5.73 Å². The first-order chi connectivity index (χ1) is 7.88. The molecule has 104 valence electrons. The lowest BCUT2D eigenvalue weighted by atomic mass is 10.0. The molecule has 2 atom stereocenters. The quantitative estimate of drug-likeness (QED) is 0.669. The Balaban J connectivity index is 4.80. The summed E-state index contributed by atoms with van der Waals surface area (Å²) in [6.45, 7) is 1.46. The van der Waals surface area contributed by atoms with Crippen molar-refractivity contribution in [2.75, 3.05) is 33.4 Å². The third-order valence-corrected chi connectivity index (χ3v) is 2.58. The third kappa shape index (κ3) is 5.67. The molecule has 17 heavy (non-hydrogen) atoms. The summed E-state index contributed by atoms with van der Waals surface area (Å²) in [6, 6.07) is -2.74. The van der Waals surface area contributed by atoms with Crippen molar-refractivity contribution in [3.63, 3.8) is 0 Å². The van der Waals surface area contributed by atoms with Crippen LogP contribution in [0, 0.1) is 0 Å². The third-order valence-electron chi connectivity index (χ3n) is 2.58. The molecule has 0 aromatic carbocycles. The Kier molecular flexibility index (Phi) is 7.69. The van der Waals surface area contributed by atoms with Gasteiger partial charge in [0.15, 0.2) is 0 Å². The molecule has 0 heterocycles. The van der Waals surface area contributed by atoms with Gasteiger partial charge in [-0.3, -0.25) is 4.90 Å². The van der Waals surface area contributed by atoms with Crippen molar-refractivity contribution in [2.45, 2.75) is 31.6 Å². The molecule has 0 radical (unpaired) electrons. The van der Waals surface area contributed by atoms with E-state index in [2.05, 4.69) is 0 Å². The van der Waals surface area contributed by atoms with Gasteiger partial charge in [-0.2, -0.15) is 13.2 Å². The van der Waals surface area contributed by atoms with Crippen LogP contribution in [0.4, 0.5) is 13.2 Å². The van der Waals surface area contributed by atoms with Crippen LogP contribution in [-0.4, -0.2) is 61.7 Å². The largest absolute Gasteiger partial charge is 0.405 e. The Morgan fingerprint density at radius 1 is 1.35 bits per heavy atom. The summed E-state index contributed by atoms with van der Waals surface area (Å²) >= 11 is 0. The predicted molar refractivity (Wildman–Crippen MR) is 58.6 cm³/mol. The highest BCUT2D eigenvalue weighted by atomic mass is 19.4. The van der Waals surface area contributed by atoms with Gasteiger partial charge in [-0.1, -0.05) is 6.92 Å². The van der Waals surface area contributed by atoms with E-state index >= 15 is 0 Å². The normalized spacial score (nSPS) is 16.2. The number of methoxy groups -OCH3 is 1. The van der Waals surface area contributed by atoms with Crippen LogP contribution in [0.3, 0.4) is 0 Å². The molecule has 0 fully saturated rings. The van der Waals surface area contributed by atoms with Crippen LogP contribution < -0.4 is 5.73 Å². The van der Waals surface area contributed by atoms with Crippen molar-refractivity contribution in [1.29, 1.82) is 0 Å². The highest BCUT2D eigenvalue weighted by molar-refractivity contribution is 4.87. The van der Waals surface area contributed by atoms with Crippen LogP contribution >= 0.6 is 0 Å². The van der Waals surface area contributed by atoms with Gasteiger partial charge >= 0.3 is 6.18 Å². The molecule has 3 N–H and O–H groups in total. The zero-order valence-electron chi connectivity index (χ0n) is 10.2. The zero-order chi connectivity index (χ0) is 13.5. The van der Waals surface area contributed by atoms with Crippen LogP contribution in [0.15, 0.2) is 0 Å². The lowest BCUT2D eigenvalue weighted by Crippen LogP contribution is -2.57. The number of rotatable bonds is 8. The Morgan fingerprint density at radius 2 is 1.94 bits per heavy atom. The second kappa shape index (κ2) is 7.86. The maximum atomic E-state index is 12.9. The highest BCUT2D eigenvalue weighted by Crippen LogP contribution is 2.27. The fourth-order valence-corrected chi connectivity index (χ4v) is 1.67. The molecule has 0 saturated heterocycles. The fraction of sp³-hybridized carbons (Fsp3) is 1.00. The van der Waals surface area contributed by atoms with Crippen molar-refractivity contribution < 1.29 is 23.0 Å². The van der Waals surface area contributed by atoms with Gasteiger partial charge in [0.05, 0.1) is 13.2 Å². The van der Waals surface area contributed by atoms with E-state index in [1.807, 2.05) is 0 Å². The molecule has 0 aliphatic carbocycles. The maximum Gasteiger partial charge on any atom is 0.405 e. The number of alkyl halides is 3. The van der Waals surface area contributed by atoms with Gasteiger partial charge < -0.3 is 15.6 Å². The highest BCUT2D eigenvalue weighted by Gasteiger charge is 2.46. The summed E-state index contributed by atoms with van der Waals surface area (Å²) in [5.74, 6) is 0. The number of hydrogen-bond acceptors (Lipinski definition) is 4. The van der Waals surface area contributed by atoms with Gasteiger partial charge in [-0.05, 0) is 6.42 Å². The van der Waals surface area contributed by atoms with Crippen LogP contribution in [0.5, 0.6) is 0 Å². The number of aliphatic hydroxyl groups excluding tert-OH is 1. The first-order valence-electron chi connectivity index (χ1n) is 5.54. The van der Waals surface area contributed by atoms with Crippen LogP contribution in [0.2, 0.25) is 0 Å². The van der Waals surface area contributed by atoms with Crippen molar-refractivity contribution >= 4 is 0 Å². The van der Waals surface area contributed by atoms with E-state index in [-0.39, 0.29) is 32.7 Å². The molecule has 0 amide bonds. The first-order valence-corrected chi connectivity index (χ1v) is 5.54. The van der Waals surface area contributed by atoms with Gasteiger partial charge in [-0.15, -0.1) is 0 Å². The summed E-state index contributed by atoms with van der Waals surface area (Å²) in [5.41, 5.74) is 5.52. The van der Waals surface area contributed by atoms with Gasteiger partial charge in [-0.25, -0.2) is 0 Å². The second-order valence-corrected chi connectivity index (χ2v) is 3.81. The molecule has 2 unspecified atom stereocenters. The van der Waals surface area contributed by atoms with Crippen molar-refractivity contribution in [1.82, 2.24) is 4.90 Å². The molecule has 0 aliphatic rings. The molecule has 0 spiro atoms. The molecule has 4 nitrogen and oxygen atoms in total. The zero-order valence-corrected chi connectivity index (χ0v) is 10.2. The monoisotopic (exact) mass is 258 g/mol. The molecule has 0 aliphatic heterocycles. The summed E-state index contributed by atoms with van der Waals surface area (Å²) < 4.78 is 43.5. The number of halogens is 3. The second-order valence-electron chi connectivity index (χ2n) is 3.81. The molecule has 0 saturated carbocycles. The maximum absolute atomic E-state index is 12.9. The number of aliphatic hydroxyl groups is 1. The summed E-state index contributed by atoms with van der Waals surface area (Å²) in [6.07, 6.45) is -4.18. The Labute approximate surface area is 99.5 Å². The molecule has 7 heteroatoms. The lowest BCUT2D eigenvalue weighted by molar-refractivity contribution is -0.191. The topological polar surface area (TPSA) is 58.7 Å². The Bertz CT molecular complexity index is 202. The van der Waals surface area contributed by atoms with Gasteiger partial charge in [0.1, 0.15) is 6.04 Å². The summed E-state index contributed by atoms with van der Waals surface area (Å²) in [5, 5.41) is 8.81. The summed E-state index contributed by atoms with van der Waals surface area (Å²) in [7, 11) is 1.42. The van der Waals surface area contributed by atoms with E-state index in [9.17, 15) is 13.2 Å². The summed E-state index contributed by atoms with van der Waals surface area (Å²) in [4.78, 5) is 1.12. The van der Waals surface area contributed by atoms with E-state index in [0.717, 1.165) is 4.90 Å². The Morgan fingerprint density at radius 3 is 2.29 bits per heavy atom. The average Bonchev–Trinajstić information content (AvgIpc) is 2.24. The van der Waals surface area contributed by atoms with Gasteiger partial charge in [0, 0.05) is 26.2 Å². The molecular formula is C10H21F3N2O2. The van der Waals surface area contributed by atoms with Crippen LogP contribution in [-0.2, 0) is 4.74 Å². The smallest absolute Gasteiger partial charge is 0.395 e.